The lowest BCUT2D eigenvalue weighted by Gasteiger charge is -2.18. The minimum absolute atomic E-state index is 0.255. The third-order valence-corrected chi connectivity index (χ3v) is 4.00. The molecule has 0 amide bonds. The van der Waals surface area contributed by atoms with Gasteiger partial charge in [-0.05, 0) is 30.4 Å². The Morgan fingerprint density at radius 2 is 2.05 bits per heavy atom. The fourth-order valence-electron chi connectivity index (χ4n) is 2.80. The Hall–Kier alpha value is -1.15. The first-order chi connectivity index (χ1) is 9.22. The van der Waals surface area contributed by atoms with Crippen molar-refractivity contribution >= 4 is 5.78 Å². The molecule has 2 heteroatoms. The quantitative estimate of drug-likeness (QED) is 0.778. The minimum Gasteiger partial charge on any atom is -0.388 e. The molecule has 0 aromatic heterocycles. The van der Waals surface area contributed by atoms with E-state index < -0.39 is 0 Å². The van der Waals surface area contributed by atoms with Crippen molar-refractivity contribution in [3.63, 3.8) is 0 Å². The van der Waals surface area contributed by atoms with Crippen LogP contribution in [0.3, 0.4) is 0 Å². The molecular formula is C17H24O2. The van der Waals surface area contributed by atoms with E-state index in [1.165, 1.54) is 19.3 Å². The summed E-state index contributed by atoms with van der Waals surface area (Å²) in [5.41, 5.74) is 2.97. The van der Waals surface area contributed by atoms with Crippen molar-refractivity contribution < 1.29 is 9.90 Å². The first-order valence-corrected chi connectivity index (χ1v) is 7.56. The molecule has 0 aliphatic heterocycles. The van der Waals surface area contributed by atoms with E-state index in [2.05, 4.69) is 6.92 Å². The number of hydrogen-bond donors (Lipinski definition) is 1. The van der Waals surface area contributed by atoms with Gasteiger partial charge >= 0.3 is 0 Å². The molecule has 1 aliphatic carbocycles. The van der Waals surface area contributed by atoms with Crippen LogP contribution in [0.1, 0.15) is 79.5 Å². The van der Waals surface area contributed by atoms with Gasteiger partial charge in [0.25, 0.3) is 0 Å². The van der Waals surface area contributed by atoms with Crippen LogP contribution in [0.15, 0.2) is 18.2 Å². The normalized spacial score (nSPS) is 16.2. The average Bonchev–Trinajstić information content (AvgIpc) is 2.43. The van der Waals surface area contributed by atoms with Crippen LogP contribution in [-0.2, 0) is 6.42 Å². The van der Waals surface area contributed by atoms with Gasteiger partial charge in [0.05, 0.1) is 6.10 Å². The molecule has 19 heavy (non-hydrogen) atoms. The van der Waals surface area contributed by atoms with Crippen LogP contribution in [-0.4, -0.2) is 10.9 Å². The molecule has 0 spiro atoms. The number of unbranched alkanes of at least 4 members (excludes halogenated alkanes) is 3. The Morgan fingerprint density at radius 1 is 1.21 bits per heavy atom. The van der Waals surface area contributed by atoms with E-state index in [0.717, 1.165) is 42.4 Å². The maximum Gasteiger partial charge on any atom is 0.163 e. The summed E-state index contributed by atoms with van der Waals surface area (Å²) >= 11 is 0. The lowest BCUT2D eigenvalue weighted by molar-refractivity contribution is 0.0972. The van der Waals surface area contributed by atoms with E-state index in [1.54, 1.807) is 0 Å². The maximum absolute atomic E-state index is 11.7. The van der Waals surface area contributed by atoms with E-state index in [-0.39, 0.29) is 11.9 Å². The summed E-state index contributed by atoms with van der Waals surface area (Å²) in [6.45, 7) is 2.19. The Morgan fingerprint density at radius 3 is 2.84 bits per heavy atom. The number of rotatable bonds is 6. The minimum atomic E-state index is -0.376. The van der Waals surface area contributed by atoms with Gasteiger partial charge in [0, 0.05) is 12.0 Å². The van der Waals surface area contributed by atoms with Gasteiger partial charge in [0.2, 0.25) is 0 Å². The van der Waals surface area contributed by atoms with Gasteiger partial charge in [0.15, 0.2) is 5.78 Å². The second-order valence-electron chi connectivity index (χ2n) is 5.56. The van der Waals surface area contributed by atoms with Crippen LogP contribution in [0.2, 0.25) is 0 Å². The van der Waals surface area contributed by atoms with E-state index in [1.807, 2.05) is 18.2 Å². The summed E-state index contributed by atoms with van der Waals surface area (Å²) < 4.78 is 0. The summed E-state index contributed by atoms with van der Waals surface area (Å²) in [5.74, 6) is 0.255. The molecule has 0 fully saturated rings. The Labute approximate surface area is 115 Å². The molecule has 0 bridgehead atoms. The highest BCUT2D eigenvalue weighted by Gasteiger charge is 2.18. The van der Waals surface area contributed by atoms with Gasteiger partial charge in [0.1, 0.15) is 0 Å². The largest absolute Gasteiger partial charge is 0.388 e. The molecule has 1 unspecified atom stereocenters. The van der Waals surface area contributed by atoms with E-state index >= 15 is 0 Å². The van der Waals surface area contributed by atoms with Crippen molar-refractivity contribution in [3.8, 4) is 0 Å². The van der Waals surface area contributed by atoms with Crippen molar-refractivity contribution in [2.45, 2.75) is 64.4 Å². The standard InChI is InChI=1S/C17H24O2/c1-2-3-4-5-8-16(18)14-10-11-15-13(12-14)7-6-9-17(15)19/h10-12,16,18H,2-9H2,1H3. The van der Waals surface area contributed by atoms with Crippen LogP contribution >= 0.6 is 0 Å². The number of carbonyl (C=O) groups excluding carboxylic acids is 1. The SMILES string of the molecule is CCCCCCC(O)c1ccc2c(c1)CCCC2=O. The third kappa shape index (κ3) is 3.66. The number of carbonyl (C=O) groups is 1. The maximum atomic E-state index is 11.7. The first-order valence-electron chi connectivity index (χ1n) is 7.56. The van der Waals surface area contributed by atoms with E-state index in [4.69, 9.17) is 0 Å². The number of aryl methyl sites for hydroxylation is 1. The fraction of sp³-hybridized carbons (Fsp3) is 0.588. The molecule has 1 aromatic carbocycles. The summed E-state index contributed by atoms with van der Waals surface area (Å²) in [5, 5.41) is 10.2. The topological polar surface area (TPSA) is 37.3 Å². The molecule has 104 valence electrons. The highest BCUT2D eigenvalue weighted by molar-refractivity contribution is 5.98. The number of fused-ring (bicyclic) bond motifs is 1. The third-order valence-electron chi connectivity index (χ3n) is 4.00. The summed E-state index contributed by atoms with van der Waals surface area (Å²) in [6, 6.07) is 5.87. The van der Waals surface area contributed by atoms with E-state index in [0.29, 0.717) is 6.42 Å². The van der Waals surface area contributed by atoms with Crippen LogP contribution in [0, 0.1) is 0 Å². The molecule has 0 radical (unpaired) electrons. The lowest BCUT2D eigenvalue weighted by atomic mass is 9.88. The number of ketones is 1. The second-order valence-corrected chi connectivity index (χ2v) is 5.56. The monoisotopic (exact) mass is 260 g/mol. The predicted octanol–water partition coefficient (Wildman–Crippen LogP) is 4.21. The lowest BCUT2D eigenvalue weighted by Crippen LogP contribution is -2.11. The molecule has 2 rings (SSSR count). The van der Waals surface area contributed by atoms with E-state index in [9.17, 15) is 9.90 Å². The molecule has 0 saturated carbocycles. The van der Waals surface area contributed by atoms with Crippen LogP contribution < -0.4 is 0 Å². The van der Waals surface area contributed by atoms with Gasteiger partial charge in [-0.15, -0.1) is 0 Å². The summed E-state index contributed by atoms with van der Waals surface area (Å²) in [7, 11) is 0. The van der Waals surface area contributed by atoms with Gasteiger partial charge in [-0.25, -0.2) is 0 Å². The summed E-state index contributed by atoms with van der Waals surface area (Å²) in [4.78, 5) is 11.7. The Bertz CT molecular complexity index is 437. The number of aliphatic hydroxyl groups is 1. The fourth-order valence-corrected chi connectivity index (χ4v) is 2.80. The molecule has 1 aromatic rings. The summed E-state index contributed by atoms with van der Waals surface area (Å²) in [6.07, 6.45) is 7.77. The zero-order valence-electron chi connectivity index (χ0n) is 11.8. The highest BCUT2D eigenvalue weighted by Crippen LogP contribution is 2.27. The number of aliphatic hydroxyl groups excluding tert-OH is 1. The van der Waals surface area contributed by atoms with Crippen LogP contribution in [0.25, 0.3) is 0 Å². The van der Waals surface area contributed by atoms with Gasteiger partial charge in [-0.1, -0.05) is 50.8 Å². The molecule has 1 N–H and O–H groups in total. The molecule has 0 saturated heterocycles. The highest BCUT2D eigenvalue weighted by atomic mass is 16.3. The number of Topliss-reactive ketones (excluding diaryl/α,β-unsaturated/α-hetero) is 1. The zero-order chi connectivity index (χ0) is 13.7. The van der Waals surface area contributed by atoms with Crippen molar-refractivity contribution in [3.05, 3.63) is 34.9 Å². The predicted molar refractivity (Wildman–Crippen MR) is 77.4 cm³/mol. The van der Waals surface area contributed by atoms with Crippen molar-refractivity contribution in [1.82, 2.24) is 0 Å². The smallest absolute Gasteiger partial charge is 0.163 e. The molecular weight excluding hydrogens is 236 g/mol. The molecule has 0 heterocycles. The zero-order valence-corrected chi connectivity index (χ0v) is 11.8. The van der Waals surface area contributed by atoms with Crippen molar-refractivity contribution in [2.24, 2.45) is 0 Å². The number of benzene rings is 1. The Kier molecular flexibility index (Phi) is 5.15. The van der Waals surface area contributed by atoms with Crippen LogP contribution in [0.5, 0.6) is 0 Å². The molecule has 1 atom stereocenters. The number of hydrogen-bond acceptors (Lipinski definition) is 2. The molecule has 1 aliphatic rings. The van der Waals surface area contributed by atoms with Crippen LogP contribution in [0.4, 0.5) is 0 Å². The molecule has 2 nitrogen and oxygen atoms in total. The van der Waals surface area contributed by atoms with Gasteiger partial charge < -0.3 is 5.11 Å². The van der Waals surface area contributed by atoms with Gasteiger partial charge in [-0.3, -0.25) is 4.79 Å². The first kappa shape index (κ1) is 14.3. The van der Waals surface area contributed by atoms with Gasteiger partial charge in [-0.2, -0.15) is 0 Å². The van der Waals surface area contributed by atoms with Crippen molar-refractivity contribution in [1.29, 1.82) is 0 Å². The Balaban J connectivity index is 1.99. The average molecular weight is 260 g/mol. The van der Waals surface area contributed by atoms with Crippen molar-refractivity contribution in [2.75, 3.05) is 0 Å². The second kappa shape index (κ2) is 6.85.